The molecule has 1 saturated heterocycles. The molecule has 0 spiro atoms. The summed E-state index contributed by atoms with van der Waals surface area (Å²) in [6.07, 6.45) is 1.92. The maximum atomic E-state index is 10.1. The molecule has 1 aliphatic rings. The number of aromatic hydroxyl groups is 1. The number of benzene rings is 1. The molecule has 3 rings (SSSR count). The number of hydrogen-bond donors (Lipinski definition) is 2. The Morgan fingerprint density at radius 3 is 2.52 bits per heavy atom. The van der Waals surface area contributed by atoms with Crippen LogP contribution in [-0.4, -0.2) is 41.1 Å². The number of phenolic OH excluding ortho intramolecular Hbond substituents is 1. The van der Waals surface area contributed by atoms with Gasteiger partial charge >= 0.3 is 0 Å². The summed E-state index contributed by atoms with van der Waals surface area (Å²) in [7, 11) is 0. The topological polar surface area (TPSA) is 53.3 Å². The largest absolute Gasteiger partial charge is 0.506 e. The van der Waals surface area contributed by atoms with Crippen molar-refractivity contribution in [2.45, 2.75) is 19.8 Å². The van der Waals surface area contributed by atoms with E-state index >= 15 is 0 Å². The summed E-state index contributed by atoms with van der Waals surface area (Å²) in [5.74, 6) is 0.589. The predicted octanol–water partition coefficient (Wildman–Crippen LogP) is 2.11. The maximum absolute atomic E-state index is 10.1. The second kappa shape index (κ2) is 5.77. The summed E-state index contributed by atoms with van der Waals surface area (Å²) in [6, 6.07) is 7.35. The van der Waals surface area contributed by atoms with Gasteiger partial charge in [0, 0.05) is 26.2 Å². The molecular weight excluding hydrogens is 264 g/mol. The van der Waals surface area contributed by atoms with E-state index in [4.69, 9.17) is 0 Å². The first-order valence-electron chi connectivity index (χ1n) is 7.50. The second-order valence-electron chi connectivity index (χ2n) is 5.71. The first kappa shape index (κ1) is 13.9. The fraction of sp³-hybridized carbons (Fsp3) is 0.438. The highest BCUT2D eigenvalue weighted by Crippen LogP contribution is 2.32. The van der Waals surface area contributed by atoms with Crippen molar-refractivity contribution >= 4 is 5.69 Å². The molecule has 2 aromatic rings. The molecule has 0 aliphatic carbocycles. The summed E-state index contributed by atoms with van der Waals surface area (Å²) >= 11 is 0. The van der Waals surface area contributed by atoms with Crippen LogP contribution < -0.4 is 10.2 Å². The number of hydrogen-bond acceptors (Lipinski definition) is 4. The molecule has 1 aliphatic heterocycles. The predicted molar refractivity (Wildman–Crippen MR) is 84.4 cm³/mol. The fourth-order valence-electron chi connectivity index (χ4n) is 2.87. The first-order chi connectivity index (χ1) is 10.2. The highest BCUT2D eigenvalue weighted by atomic mass is 16.3. The number of para-hydroxylation sites is 2. The lowest BCUT2D eigenvalue weighted by atomic mass is 10.1. The third kappa shape index (κ3) is 2.61. The Hall–Kier alpha value is -2.01. The van der Waals surface area contributed by atoms with Crippen LogP contribution in [0.2, 0.25) is 0 Å². The number of piperazine rings is 1. The third-order valence-electron chi connectivity index (χ3n) is 3.90. The van der Waals surface area contributed by atoms with Crippen LogP contribution in [0.1, 0.15) is 25.5 Å². The Kier molecular flexibility index (Phi) is 3.84. The van der Waals surface area contributed by atoms with Gasteiger partial charge in [-0.1, -0.05) is 26.0 Å². The standard InChI is InChI=1S/C16H22N4O/c1-12(2)16-14(19-9-7-17-8-10-19)11-18-20(16)13-5-3-4-6-15(13)21/h3-6,11-12,17,21H,7-10H2,1-2H3. The highest BCUT2D eigenvalue weighted by molar-refractivity contribution is 5.56. The molecule has 0 bridgehead atoms. The molecule has 1 aromatic carbocycles. The van der Waals surface area contributed by atoms with Gasteiger partial charge in [-0.3, -0.25) is 0 Å². The van der Waals surface area contributed by atoms with Crippen LogP contribution >= 0.6 is 0 Å². The zero-order chi connectivity index (χ0) is 14.8. The van der Waals surface area contributed by atoms with E-state index < -0.39 is 0 Å². The molecule has 0 saturated carbocycles. The SMILES string of the molecule is CC(C)c1c(N2CCNCC2)cnn1-c1ccccc1O. The number of phenols is 1. The van der Waals surface area contributed by atoms with E-state index in [-0.39, 0.29) is 5.75 Å². The van der Waals surface area contributed by atoms with Crippen LogP contribution in [0, 0.1) is 0 Å². The van der Waals surface area contributed by atoms with Gasteiger partial charge in [0.1, 0.15) is 11.4 Å². The average molecular weight is 286 g/mol. The molecular formula is C16H22N4O. The van der Waals surface area contributed by atoms with Crippen LogP contribution in [0.3, 0.4) is 0 Å². The van der Waals surface area contributed by atoms with E-state index in [1.165, 1.54) is 5.69 Å². The highest BCUT2D eigenvalue weighted by Gasteiger charge is 2.22. The second-order valence-corrected chi connectivity index (χ2v) is 5.71. The number of anilines is 1. The summed E-state index contributed by atoms with van der Waals surface area (Å²) in [6.45, 7) is 8.31. The van der Waals surface area contributed by atoms with Gasteiger partial charge in [0.2, 0.25) is 0 Å². The Morgan fingerprint density at radius 2 is 1.86 bits per heavy atom. The zero-order valence-corrected chi connectivity index (χ0v) is 12.6. The van der Waals surface area contributed by atoms with Gasteiger partial charge in [-0.25, -0.2) is 4.68 Å². The number of rotatable bonds is 3. The molecule has 1 fully saturated rings. The molecule has 5 heteroatoms. The number of nitrogens with zero attached hydrogens (tertiary/aromatic N) is 3. The molecule has 112 valence electrons. The van der Waals surface area contributed by atoms with Crippen molar-refractivity contribution in [2.24, 2.45) is 0 Å². The van der Waals surface area contributed by atoms with E-state index in [1.54, 1.807) is 6.07 Å². The molecule has 0 unspecified atom stereocenters. The lowest BCUT2D eigenvalue weighted by Gasteiger charge is -2.30. The number of aromatic nitrogens is 2. The lowest BCUT2D eigenvalue weighted by Crippen LogP contribution is -2.43. The molecule has 2 heterocycles. The van der Waals surface area contributed by atoms with E-state index in [1.807, 2.05) is 29.1 Å². The Morgan fingerprint density at radius 1 is 1.14 bits per heavy atom. The molecule has 5 nitrogen and oxygen atoms in total. The molecule has 21 heavy (non-hydrogen) atoms. The zero-order valence-electron chi connectivity index (χ0n) is 12.6. The quantitative estimate of drug-likeness (QED) is 0.907. The minimum atomic E-state index is 0.259. The van der Waals surface area contributed by atoms with Crippen molar-refractivity contribution < 1.29 is 5.11 Å². The molecule has 0 amide bonds. The van der Waals surface area contributed by atoms with Gasteiger partial charge in [0.15, 0.2) is 0 Å². The van der Waals surface area contributed by atoms with Crippen molar-refractivity contribution in [1.82, 2.24) is 15.1 Å². The van der Waals surface area contributed by atoms with E-state index in [9.17, 15) is 5.11 Å². The minimum absolute atomic E-state index is 0.259. The summed E-state index contributed by atoms with van der Waals surface area (Å²) in [5.41, 5.74) is 3.07. The molecule has 0 radical (unpaired) electrons. The van der Waals surface area contributed by atoms with Crippen molar-refractivity contribution in [3.8, 4) is 11.4 Å². The van der Waals surface area contributed by atoms with Gasteiger partial charge in [-0.15, -0.1) is 0 Å². The van der Waals surface area contributed by atoms with E-state index in [0.717, 1.165) is 37.6 Å². The van der Waals surface area contributed by atoms with Crippen molar-refractivity contribution in [3.05, 3.63) is 36.2 Å². The Bertz CT molecular complexity index is 614. The maximum Gasteiger partial charge on any atom is 0.141 e. The van der Waals surface area contributed by atoms with Crippen molar-refractivity contribution in [2.75, 3.05) is 31.1 Å². The summed E-state index contributed by atoms with van der Waals surface area (Å²) in [5, 5.41) is 18.0. The van der Waals surface area contributed by atoms with Crippen LogP contribution in [-0.2, 0) is 0 Å². The molecule has 1 aromatic heterocycles. The average Bonchev–Trinajstić information content (AvgIpc) is 2.93. The Labute approximate surface area is 125 Å². The van der Waals surface area contributed by atoms with Gasteiger partial charge in [-0.2, -0.15) is 5.10 Å². The first-order valence-corrected chi connectivity index (χ1v) is 7.50. The van der Waals surface area contributed by atoms with Gasteiger partial charge in [0.25, 0.3) is 0 Å². The van der Waals surface area contributed by atoms with Gasteiger partial charge in [-0.05, 0) is 18.1 Å². The summed E-state index contributed by atoms with van der Waals surface area (Å²) in [4.78, 5) is 2.37. The van der Waals surface area contributed by atoms with Crippen LogP contribution in [0.4, 0.5) is 5.69 Å². The number of nitrogens with one attached hydrogen (secondary N) is 1. The fourth-order valence-corrected chi connectivity index (χ4v) is 2.87. The summed E-state index contributed by atoms with van der Waals surface area (Å²) < 4.78 is 1.87. The monoisotopic (exact) mass is 286 g/mol. The van der Waals surface area contributed by atoms with Crippen molar-refractivity contribution in [3.63, 3.8) is 0 Å². The van der Waals surface area contributed by atoms with E-state index in [0.29, 0.717) is 5.92 Å². The molecule has 0 atom stereocenters. The van der Waals surface area contributed by atoms with Crippen LogP contribution in [0.5, 0.6) is 5.75 Å². The van der Waals surface area contributed by atoms with Crippen LogP contribution in [0.15, 0.2) is 30.5 Å². The van der Waals surface area contributed by atoms with Gasteiger partial charge < -0.3 is 15.3 Å². The van der Waals surface area contributed by atoms with Gasteiger partial charge in [0.05, 0.1) is 17.6 Å². The smallest absolute Gasteiger partial charge is 0.141 e. The minimum Gasteiger partial charge on any atom is -0.506 e. The molecule has 2 N–H and O–H groups in total. The van der Waals surface area contributed by atoms with E-state index in [2.05, 4.69) is 29.2 Å². The normalized spacial score (nSPS) is 15.7. The third-order valence-corrected chi connectivity index (χ3v) is 3.90. The van der Waals surface area contributed by atoms with Crippen LogP contribution in [0.25, 0.3) is 5.69 Å². The Balaban J connectivity index is 2.06. The lowest BCUT2D eigenvalue weighted by molar-refractivity contribution is 0.469. The van der Waals surface area contributed by atoms with Crippen molar-refractivity contribution in [1.29, 1.82) is 0 Å².